The molecular formula is C20H33N3O2. The molecular weight excluding hydrogens is 314 g/mol. The van der Waals surface area contributed by atoms with Gasteiger partial charge in [0.1, 0.15) is 0 Å². The molecule has 0 radical (unpaired) electrons. The Bertz CT molecular complexity index is 494. The Morgan fingerprint density at radius 2 is 1.76 bits per heavy atom. The number of aliphatic hydroxyl groups is 1. The number of ether oxygens (including phenoxy) is 1. The molecule has 0 aliphatic carbocycles. The molecule has 5 nitrogen and oxygen atoms in total. The summed E-state index contributed by atoms with van der Waals surface area (Å²) < 4.78 is 5.43. The van der Waals surface area contributed by atoms with Crippen LogP contribution in [-0.4, -0.2) is 80.5 Å². The van der Waals surface area contributed by atoms with Crippen LogP contribution in [-0.2, 0) is 11.3 Å². The highest BCUT2D eigenvalue weighted by atomic mass is 16.5. The van der Waals surface area contributed by atoms with Crippen LogP contribution in [0.3, 0.4) is 0 Å². The van der Waals surface area contributed by atoms with Gasteiger partial charge in [0.2, 0.25) is 0 Å². The van der Waals surface area contributed by atoms with Crippen molar-refractivity contribution in [2.75, 3.05) is 64.5 Å². The number of piperidine rings is 1. The summed E-state index contributed by atoms with van der Waals surface area (Å²) in [5, 5.41) is 8.98. The quantitative estimate of drug-likeness (QED) is 0.814. The molecule has 0 unspecified atom stereocenters. The van der Waals surface area contributed by atoms with Gasteiger partial charge in [-0.3, -0.25) is 4.90 Å². The average Bonchev–Trinajstić information content (AvgIpc) is 2.68. The van der Waals surface area contributed by atoms with Crippen molar-refractivity contribution in [1.82, 2.24) is 9.80 Å². The van der Waals surface area contributed by atoms with Gasteiger partial charge in [-0.1, -0.05) is 12.1 Å². The first-order valence-electron chi connectivity index (χ1n) is 9.71. The Labute approximate surface area is 152 Å². The summed E-state index contributed by atoms with van der Waals surface area (Å²) >= 11 is 0. The van der Waals surface area contributed by atoms with E-state index in [-0.39, 0.29) is 0 Å². The second-order valence-electron chi connectivity index (χ2n) is 7.33. The molecule has 25 heavy (non-hydrogen) atoms. The van der Waals surface area contributed by atoms with E-state index < -0.39 is 0 Å². The van der Waals surface area contributed by atoms with Gasteiger partial charge >= 0.3 is 0 Å². The van der Waals surface area contributed by atoms with Crippen LogP contribution in [0.5, 0.6) is 0 Å². The minimum Gasteiger partial charge on any atom is -0.396 e. The Hall–Kier alpha value is -1.14. The summed E-state index contributed by atoms with van der Waals surface area (Å²) in [7, 11) is 2.19. The maximum atomic E-state index is 8.98. The highest BCUT2D eigenvalue weighted by molar-refractivity contribution is 5.47. The second-order valence-corrected chi connectivity index (χ2v) is 7.33. The largest absolute Gasteiger partial charge is 0.396 e. The molecule has 0 atom stereocenters. The fraction of sp³-hybridized carbons (Fsp3) is 0.700. The highest BCUT2D eigenvalue weighted by Crippen LogP contribution is 2.20. The molecule has 2 heterocycles. The molecule has 0 aromatic heterocycles. The van der Waals surface area contributed by atoms with Crippen LogP contribution in [0.25, 0.3) is 0 Å². The number of nitrogens with zero attached hydrogens (tertiary/aromatic N) is 3. The van der Waals surface area contributed by atoms with Crippen molar-refractivity contribution in [3.63, 3.8) is 0 Å². The van der Waals surface area contributed by atoms with Crippen molar-refractivity contribution in [2.24, 2.45) is 0 Å². The number of likely N-dealkylation sites (tertiary alicyclic amines) is 1. The molecule has 0 bridgehead atoms. The van der Waals surface area contributed by atoms with E-state index in [1.165, 1.54) is 37.2 Å². The van der Waals surface area contributed by atoms with Gasteiger partial charge in [0, 0.05) is 44.5 Å². The SMILES string of the molecule is CN(CCCO)C1CCN(Cc2ccc(N3CCOCC3)cc2)CC1. The molecule has 0 amide bonds. The van der Waals surface area contributed by atoms with Crippen molar-refractivity contribution in [1.29, 1.82) is 0 Å². The number of aliphatic hydroxyl groups excluding tert-OH is 1. The van der Waals surface area contributed by atoms with Crippen LogP contribution >= 0.6 is 0 Å². The second kappa shape index (κ2) is 9.53. The van der Waals surface area contributed by atoms with Crippen LogP contribution < -0.4 is 4.90 Å². The summed E-state index contributed by atoms with van der Waals surface area (Å²) in [4.78, 5) is 7.39. The number of hydrogen-bond donors (Lipinski definition) is 1. The predicted octanol–water partition coefficient (Wildman–Crippen LogP) is 1.80. The normalized spacial score (nSPS) is 20.4. The molecule has 1 N–H and O–H groups in total. The van der Waals surface area contributed by atoms with Crippen LogP contribution in [0.2, 0.25) is 0 Å². The van der Waals surface area contributed by atoms with Gasteiger partial charge in [-0.15, -0.1) is 0 Å². The maximum absolute atomic E-state index is 8.98. The number of benzene rings is 1. The third-order valence-corrected chi connectivity index (χ3v) is 5.57. The summed E-state index contributed by atoms with van der Waals surface area (Å²) in [5.41, 5.74) is 2.72. The van der Waals surface area contributed by atoms with E-state index in [9.17, 15) is 0 Å². The van der Waals surface area contributed by atoms with E-state index >= 15 is 0 Å². The highest BCUT2D eigenvalue weighted by Gasteiger charge is 2.22. The van der Waals surface area contributed by atoms with Gasteiger partial charge in [0.15, 0.2) is 0 Å². The van der Waals surface area contributed by atoms with Crippen LogP contribution in [0.1, 0.15) is 24.8 Å². The zero-order valence-electron chi connectivity index (χ0n) is 15.6. The molecule has 2 fully saturated rings. The van der Waals surface area contributed by atoms with Crippen molar-refractivity contribution < 1.29 is 9.84 Å². The Balaban J connectivity index is 1.44. The summed E-state index contributed by atoms with van der Waals surface area (Å²) in [6, 6.07) is 9.76. The van der Waals surface area contributed by atoms with Gasteiger partial charge in [-0.2, -0.15) is 0 Å². The van der Waals surface area contributed by atoms with Crippen LogP contribution in [0, 0.1) is 0 Å². The third kappa shape index (κ3) is 5.42. The van der Waals surface area contributed by atoms with E-state index in [0.717, 1.165) is 45.8 Å². The Morgan fingerprint density at radius 1 is 1.08 bits per heavy atom. The first kappa shape index (κ1) is 18.6. The lowest BCUT2D eigenvalue weighted by atomic mass is 10.0. The van der Waals surface area contributed by atoms with Gasteiger partial charge < -0.3 is 19.6 Å². The minimum atomic E-state index is 0.295. The van der Waals surface area contributed by atoms with Gasteiger partial charge in [-0.05, 0) is 57.1 Å². The van der Waals surface area contributed by atoms with E-state index in [4.69, 9.17) is 9.84 Å². The van der Waals surface area contributed by atoms with E-state index in [2.05, 4.69) is 46.0 Å². The summed E-state index contributed by atoms with van der Waals surface area (Å²) in [5.74, 6) is 0. The van der Waals surface area contributed by atoms with Crippen molar-refractivity contribution in [3.8, 4) is 0 Å². The molecule has 5 heteroatoms. The molecule has 1 aromatic carbocycles. The van der Waals surface area contributed by atoms with Crippen LogP contribution in [0.15, 0.2) is 24.3 Å². The van der Waals surface area contributed by atoms with Gasteiger partial charge in [0.25, 0.3) is 0 Å². The lowest BCUT2D eigenvalue weighted by Gasteiger charge is -2.36. The van der Waals surface area contributed by atoms with E-state index in [1.54, 1.807) is 0 Å². The molecule has 2 aliphatic heterocycles. The zero-order chi connectivity index (χ0) is 17.5. The minimum absolute atomic E-state index is 0.295. The Morgan fingerprint density at radius 3 is 2.40 bits per heavy atom. The lowest BCUT2D eigenvalue weighted by Crippen LogP contribution is -2.43. The Kier molecular flexibility index (Phi) is 7.11. The number of anilines is 1. The first-order chi connectivity index (χ1) is 12.3. The fourth-order valence-electron chi connectivity index (χ4n) is 3.91. The van der Waals surface area contributed by atoms with E-state index in [0.29, 0.717) is 12.6 Å². The molecule has 2 aliphatic rings. The molecule has 0 spiro atoms. The molecule has 3 rings (SSSR count). The lowest BCUT2D eigenvalue weighted by molar-refractivity contribution is 0.117. The molecule has 2 saturated heterocycles. The standard InChI is InChI=1S/C20H33N3O2/c1-21(9-2-14-24)19-7-10-22(11-8-19)17-18-3-5-20(6-4-18)23-12-15-25-16-13-23/h3-6,19,24H,2,7-17H2,1H3. The van der Waals surface area contributed by atoms with Crippen molar-refractivity contribution >= 4 is 5.69 Å². The monoisotopic (exact) mass is 347 g/mol. The fourth-order valence-corrected chi connectivity index (χ4v) is 3.91. The smallest absolute Gasteiger partial charge is 0.0642 e. The van der Waals surface area contributed by atoms with E-state index in [1.807, 2.05) is 0 Å². The number of morpholine rings is 1. The van der Waals surface area contributed by atoms with Gasteiger partial charge in [0.05, 0.1) is 13.2 Å². The average molecular weight is 348 g/mol. The van der Waals surface area contributed by atoms with Crippen LogP contribution in [0.4, 0.5) is 5.69 Å². The summed E-state index contributed by atoms with van der Waals surface area (Å²) in [6.45, 7) is 8.35. The first-order valence-corrected chi connectivity index (χ1v) is 9.71. The van der Waals surface area contributed by atoms with Crippen molar-refractivity contribution in [3.05, 3.63) is 29.8 Å². The predicted molar refractivity (Wildman–Crippen MR) is 102 cm³/mol. The van der Waals surface area contributed by atoms with Crippen molar-refractivity contribution in [2.45, 2.75) is 31.8 Å². The molecule has 140 valence electrons. The third-order valence-electron chi connectivity index (χ3n) is 5.57. The molecule has 1 aromatic rings. The number of hydrogen-bond acceptors (Lipinski definition) is 5. The maximum Gasteiger partial charge on any atom is 0.0642 e. The number of rotatable bonds is 7. The zero-order valence-corrected chi connectivity index (χ0v) is 15.6. The van der Waals surface area contributed by atoms with Gasteiger partial charge in [-0.25, -0.2) is 0 Å². The topological polar surface area (TPSA) is 39.2 Å². The molecule has 0 saturated carbocycles. The summed E-state index contributed by atoms with van der Waals surface area (Å²) in [6.07, 6.45) is 3.34.